The molecule has 6 heteroatoms. The summed E-state index contributed by atoms with van der Waals surface area (Å²) in [5.41, 5.74) is 4.97. The maximum absolute atomic E-state index is 13.8. The van der Waals surface area contributed by atoms with Gasteiger partial charge in [0.05, 0.1) is 13.2 Å². The maximum atomic E-state index is 13.8. The summed E-state index contributed by atoms with van der Waals surface area (Å²) in [4.78, 5) is 32.3. The van der Waals surface area contributed by atoms with Crippen molar-refractivity contribution in [2.24, 2.45) is 0 Å². The van der Waals surface area contributed by atoms with E-state index >= 15 is 0 Å². The Labute approximate surface area is 228 Å². The summed E-state index contributed by atoms with van der Waals surface area (Å²) in [6, 6.07) is 27.6. The van der Waals surface area contributed by atoms with E-state index in [9.17, 15) is 9.59 Å². The summed E-state index contributed by atoms with van der Waals surface area (Å²) < 4.78 is 5.34. The zero-order valence-corrected chi connectivity index (χ0v) is 22.6. The zero-order valence-electron chi connectivity index (χ0n) is 21.8. The Kier molecular flexibility index (Phi) is 7.89. The van der Waals surface area contributed by atoms with Crippen LogP contribution in [-0.4, -0.2) is 48.4 Å². The van der Waals surface area contributed by atoms with Gasteiger partial charge in [0.1, 0.15) is 12.3 Å². The molecule has 194 valence electrons. The van der Waals surface area contributed by atoms with Crippen molar-refractivity contribution in [3.05, 3.63) is 112 Å². The van der Waals surface area contributed by atoms with Crippen molar-refractivity contribution < 1.29 is 14.3 Å². The van der Waals surface area contributed by atoms with Crippen LogP contribution in [0.5, 0.6) is 5.75 Å². The number of fused-ring (bicyclic) bond motifs is 1. The van der Waals surface area contributed by atoms with Crippen molar-refractivity contribution in [2.75, 3.05) is 26.7 Å². The molecule has 1 aliphatic rings. The van der Waals surface area contributed by atoms with E-state index in [2.05, 4.69) is 23.6 Å². The summed E-state index contributed by atoms with van der Waals surface area (Å²) in [7, 11) is 1.65. The summed E-state index contributed by atoms with van der Waals surface area (Å²) in [5.74, 6) is 0.630. The van der Waals surface area contributed by atoms with Crippen LogP contribution >= 0.6 is 11.3 Å². The lowest BCUT2D eigenvalue weighted by Gasteiger charge is -2.37. The number of carbonyl (C=O) groups is 2. The van der Waals surface area contributed by atoms with Crippen LogP contribution in [0, 0.1) is 0 Å². The fraction of sp³-hybridized carbons (Fsp3) is 0.250. The third-order valence-electron chi connectivity index (χ3n) is 7.06. The molecule has 1 unspecified atom stereocenters. The molecule has 1 aliphatic heterocycles. The molecule has 0 saturated heterocycles. The third-order valence-corrected chi connectivity index (χ3v) is 8.06. The lowest BCUT2D eigenvalue weighted by Crippen LogP contribution is -2.47. The molecule has 0 aliphatic carbocycles. The van der Waals surface area contributed by atoms with Gasteiger partial charge in [0.2, 0.25) is 5.91 Å². The first-order valence-corrected chi connectivity index (χ1v) is 13.9. The molecular weight excluding hydrogens is 492 g/mol. The highest BCUT2D eigenvalue weighted by molar-refractivity contribution is 7.10. The molecule has 5 nitrogen and oxygen atoms in total. The molecule has 1 aromatic heterocycles. The average Bonchev–Trinajstić information content (AvgIpc) is 3.46. The van der Waals surface area contributed by atoms with Crippen LogP contribution in [0.1, 0.15) is 45.7 Å². The first kappa shape index (κ1) is 25.7. The van der Waals surface area contributed by atoms with Crippen LogP contribution < -0.4 is 4.74 Å². The fourth-order valence-corrected chi connectivity index (χ4v) is 6.03. The normalized spacial score (nSPS) is 14.6. The number of methoxy groups -OCH3 is 1. The largest absolute Gasteiger partial charge is 0.497 e. The van der Waals surface area contributed by atoms with E-state index in [1.165, 1.54) is 10.4 Å². The third kappa shape index (κ3) is 5.36. The summed E-state index contributed by atoms with van der Waals surface area (Å²) in [6.45, 7) is 3.24. The number of carbonyl (C=O) groups excluding carboxylic acids is 2. The van der Waals surface area contributed by atoms with Crippen molar-refractivity contribution in [1.29, 1.82) is 0 Å². The molecule has 2 amide bonds. The minimum Gasteiger partial charge on any atom is -0.497 e. The number of nitrogens with zero attached hydrogens (tertiary/aromatic N) is 2. The first-order chi connectivity index (χ1) is 18.6. The van der Waals surface area contributed by atoms with Crippen LogP contribution in [0.15, 0.2) is 90.3 Å². The van der Waals surface area contributed by atoms with E-state index in [-0.39, 0.29) is 24.4 Å². The Morgan fingerprint density at radius 1 is 0.947 bits per heavy atom. The zero-order chi connectivity index (χ0) is 26.5. The molecule has 0 saturated carbocycles. The van der Waals surface area contributed by atoms with Gasteiger partial charge in [-0.2, -0.15) is 0 Å². The van der Waals surface area contributed by atoms with Crippen molar-refractivity contribution >= 4 is 23.2 Å². The fourth-order valence-electron chi connectivity index (χ4n) is 5.13. The molecule has 0 fully saturated rings. The van der Waals surface area contributed by atoms with Gasteiger partial charge in [-0.25, -0.2) is 0 Å². The van der Waals surface area contributed by atoms with Gasteiger partial charge >= 0.3 is 0 Å². The molecular formula is C32H32N2O3S. The van der Waals surface area contributed by atoms with Gasteiger partial charge in [-0.1, -0.05) is 61.5 Å². The van der Waals surface area contributed by atoms with Gasteiger partial charge in [-0.15, -0.1) is 11.3 Å². The van der Waals surface area contributed by atoms with Crippen LogP contribution in [0.4, 0.5) is 0 Å². The van der Waals surface area contributed by atoms with Crippen molar-refractivity contribution in [3.63, 3.8) is 0 Å². The number of benzene rings is 3. The van der Waals surface area contributed by atoms with E-state index in [4.69, 9.17) is 4.74 Å². The number of hydrogen-bond acceptors (Lipinski definition) is 4. The smallest absolute Gasteiger partial charge is 0.254 e. The van der Waals surface area contributed by atoms with Gasteiger partial charge in [0.25, 0.3) is 5.91 Å². The van der Waals surface area contributed by atoms with E-state index in [0.717, 1.165) is 35.3 Å². The van der Waals surface area contributed by atoms with Crippen LogP contribution in [0.3, 0.4) is 0 Å². The predicted molar refractivity (Wildman–Crippen MR) is 153 cm³/mol. The predicted octanol–water partition coefficient (Wildman–Crippen LogP) is 6.45. The molecule has 3 aromatic carbocycles. The summed E-state index contributed by atoms with van der Waals surface area (Å²) >= 11 is 1.74. The second-order valence-electron chi connectivity index (χ2n) is 9.48. The van der Waals surface area contributed by atoms with Gasteiger partial charge in [-0.05, 0) is 70.8 Å². The highest BCUT2D eigenvalue weighted by Gasteiger charge is 2.34. The molecule has 0 radical (unpaired) electrons. The highest BCUT2D eigenvalue weighted by atomic mass is 32.1. The van der Waals surface area contributed by atoms with E-state index in [1.54, 1.807) is 23.3 Å². The van der Waals surface area contributed by atoms with Crippen molar-refractivity contribution in [2.45, 2.75) is 25.8 Å². The van der Waals surface area contributed by atoms with Crippen LogP contribution in [0.25, 0.3) is 11.1 Å². The molecule has 38 heavy (non-hydrogen) atoms. The SMILES string of the molecule is CCCN(CC(=O)N1CCc2sccc2C1c1ccc(OC)cc1)C(=O)c1ccc(-c2ccccc2)cc1. The summed E-state index contributed by atoms with van der Waals surface area (Å²) in [6.07, 6.45) is 1.60. The van der Waals surface area contributed by atoms with E-state index < -0.39 is 0 Å². The first-order valence-electron chi connectivity index (χ1n) is 13.0. The Bertz CT molecular complexity index is 1380. The van der Waals surface area contributed by atoms with Gasteiger partial charge < -0.3 is 14.5 Å². The Morgan fingerprint density at radius 3 is 2.34 bits per heavy atom. The molecule has 0 N–H and O–H groups in total. The number of ether oxygens (including phenoxy) is 1. The summed E-state index contributed by atoms with van der Waals surface area (Å²) in [5, 5.41) is 2.10. The number of amides is 2. The molecule has 5 rings (SSSR count). The Hall–Kier alpha value is -3.90. The molecule has 0 bridgehead atoms. The van der Waals surface area contributed by atoms with E-state index in [0.29, 0.717) is 18.7 Å². The Balaban J connectivity index is 1.37. The highest BCUT2D eigenvalue weighted by Crippen LogP contribution is 2.38. The molecule has 4 aromatic rings. The monoisotopic (exact) mass is 524 g/mol. The Morgan fingerprint density at radius 2 is 1.66 bits per heavy atom. The lowest BCUT2D eigenvalue weighted by atomic mass is 9.93. The number of thiophene rings is 1. The topological polar surface area (TPSA) is 49.9 Å². The van der Waals surface area contributed by atoms with Gasteiger partial charge in [0.15, 0.2) is 0 Å². The second-order valence-corrected chi connectivity index (χ2v) is 10.5. The minimum absolute atomic E-state index is 0.0367. The quantitative estimate of drug-likeness (QED) is 0.266. The molecule has 1 atom stereocenters. The number of rotatable bonds is 8. The van der Waals surface area contributed by atoms with E-state index in [1.807, 2.05) is 78.6 Å². The maximum Gasteiger partial charge on any atom is 0.254 e. The average molecular weight is 525 g/mol. The van der Waals surface area contributed by atoms with Crippen LogP contribution in [0.2, 0.25) is 0 Å². The van der Waals surface area contributed by atoms with Crippen molar-refractivity contribution in [1.82, 2.24) is 9.80 Å². The molecule has 0 spiro atoms. The number of hydrogen-bond donors (Lipinski definition) is 0. The van der Waals surface area contributed by atoms with Crippen molar-refractivity contribution in [3.8, 4) is 16.9 Å². The standard InChI is InChI=1S/C32H32N2O3S/c1-3-19-33(32(36)26-11-9-24(10-12-26)23-7-5-4-6-8-23)22-30(35)34-20-17-29-28(18-21-38-29)31(34)25-13-15-27(37-2)16-14-25/h4-16,18,21,31H,3,17,19-20,22H2,1-2H3. The second kappa shape index (κ2) is 11.7. The van der Waals surface area contributed by atoms with Gasteiger partial charge in [0, 0.05) is 23.5 Å². The minimum atomic E-state index is -0.174. The van der Waals surface area contributed by atoms with Gasteiger partial charge in [-0.3, -0.25) is 9.59 Å². The molecule has 2 heterocycles. The lowest BCUT2D eigenvalue weighted by molar-refractivity contribution is -0.134. The van der Waals surface area contributed by atoms with Crippen LogP contribution in [-0.2, 0) is 11.2 Å².